The maximum absolute atomic E-state index is 12.2. The molecule has 4 aromatic rings. The van der Waals surface area contributed by atoms with Crippen molar-refractivity contribution in [1.82, 2.24) is 19.9 Å². The first-order chi connectivity index (χ1) is 10.6. The molecule has 0 atom stereocenters. The minimum Gasteiger partial charge on any atom is -0.338 e. The normalized spacial score (nSPS) is 11.4. The predicted octanol–water partition coefficient (Wildman–Crippen LogP) is 3.08. The van der Waals surface area contributed by atoms with Crippen LogP contribution in [-0.4, -0.2) is 19.9 Å². The van der Waals surface area contributed by atoms with Crippen molar-refractivity contribution in [1.29, 1.82) is 0 Å². The van der Waals surface area contributed by atoms with Crippen LogP contribution in [0.5, 0.6) is 0 Å². The summed E-state index contributed by atoms with van der Waals surface area (Å²) in [6.45, 7) is 3.93. The topological polar surface area (TPSA) is 74.4 Å². The highest BCUT2D eigenvalue weighted by molar-refractivity contribution is 5.97. The van der Waals surface area contributed by atoms with E-state index in [-0.39, 0.29) is 5.56 Å². The third kappa shape index (κ3) is 1.83. The monoisotopic (exact) mass is 290 g/mol. The second-order valence-electron chi connectivity index (χ2n) is 5.44. The number of pyridine rings is 2. The minimum absolute atomic E-state index is 0.0755. The zero-order chi connectivity index (χ0) is 15.3. The second-order valence-corrected chi connectivity index (χ2v) is 5.44. The number of fused-ring (bicyclic) bond motifs is 2. The molecule has 0 aliphatic rings. The molecule has 0 spiro atoms. The molecule has 1 aromatic carbocycles. The van der Waals surface area contributed by atoms with Gasteiger partial charge in [0.15, 0.2) is 0 Å². The second kappa shape index (κ2) is 4.53. The van der Waals surface area contributed by atoms with Crippen molar-refractivity contribution in [2.45, 2.75) is 13.8 Å². The van der Waals surface area contributed by atoms with Crippen LogP contribution in [0.2, 0.25) is 0 Å². The Labute approximate surface area is 126 Å². The van der Waals surface area contributed by atoms with Crippen LogP contribution in [0.4, 0.5) is 0 Å². The molecule has 3 aromatic heterocycles. The van der Waals surface area contributed by atoms with Gasteiger partial charge in [-0.3, -0.25) is 9.78 Å². The summed E-state index contributed by atoms with van der Waals surface area (Å²) in [5, 5.41) is 1.63. The van der Waals surface area contributed by atoms with Crippen LogP contribution in [0.25, 0.3) is 33.2 Å². The Morgan fingerprint density at radius 2 is 1.77 bits per heavy atom. The fraction of sp³-hybridized carbons (Fsp3) is 0.118. The number of hydrogen-bond acceptors (Lipinski definition) is 3. The van der Waals surface area contributed by atoms with Crippen molar-refractivity contribution in [2.75, 3.05) is 0 Å². The predicted molar refractivity (Wildman–Crippen MR) is 86.9 cm³/mol. The molecule has 4 rings (SSSR count). The average Bonchev–Trinajstić information content (AvgIpc) is 2.95. The highest BCUT2D eigenvalue weighted by atomic mass is 16.1. The van der Waals surface area contributed by atoms with Gasteiger partial charge in [-0.1, -0.05) is 0 Å². The van der Waals surface area contributed by atoms with E-state index in [2.05, 4.69) is 19.9 Å². The minimum atomic E-state index is -0.0755. The van der Waals surface area contributed by atoms with Crippen LogP contribution in [0.15, 0.2) is 41.5 Å². The van der Waals surface area contributed by atoms with Gasteiger partial charge in [0.25, 0.3) is 5.56 Å². The van der Waals surface area contributed by atoms with E-state index in [1.54, 1.807) is 12.4 Å². The van der Waals surface area contributed by atoms with E-state index >= 15 is 0 Å². The van der Waals surface area contributed by atoms with Gasteiger partial charge in [0.05, 0.1) is 11.0 Å². The fourth-order valence-corrected chi connectivity index (χ4v) is 2.73. The Balaban J connectivity index is 2.05. The van der Waals surface area contributed by atoms with Crippen molar-refractivity contribution in [3.63, 3.8) is 0 Å². The first kappa shape index (κ1) is 12.8. The standard InChI is InChI=1S/C17H14N4O/c1-9-10(2)19-17(22)13-8-15-14(7-12(9)13)20-16(21-15)11-3-5-18-6-4-11/h3-8H,1-2H3,(H,19,22)(H,20,21). The van der Waals surface area contributed by atoms with Crippen molar-refractivity contribution >= 4 is 21.8 Å². The Bertz CT molecular complexity index is 1060. The van der Waals surface area contributed by atoms with E-state index in [1.165, 1.54) is 0 Å². The van der Waals surface area contributed by atoms with Crippen LogP contribution in [0.1, 0.15) is 11.3 Å². The van der Waals surface area contributed by atoms with Gasteiger partial charge >= 0.3 is 0 Å². The summed E-state index contributed by atoms with van der Waals surface area (Å²) in [5.74, 6) is 0.776. The van der Waals surface area contributed by atoms with Crippen molar-refractivity contribution in [3.05, 3.63) is 58.3 Å². The lowest BCUT2D eigenvalue weighted by molar-refractivity contribution is 1.13. The summed E-state index contributed by atoms with van der Waals surface area (Å²) in [6.07, 6.45) is 3.47. The van der Waals surface area contributed by atoms with Gasteiger partial charge in [0.2, 0.25) is 0 Å². The van der Waals surface area contributed by atoms with E-state index in [1.807, 2.05) is 38.1 Å². The van der Waals surface area contributed by atoms with Gasteiger partial charge < -0.3 is 9.97 Å². The first-order valence-electron chi connectivity index (χ1n) is 7.07. The number of benzene rings is 1. The molecular weight excluding hydrogens is 276 g/mol. The van der Waals surface area contributed by atoms with E-state index in [0.717, 1.165) is 39.1 Å². The molecule has 2 N–H and O–H groups in total. The van der Waals surface area contributed by atoms with E-state index in [9.17, 15) is 4.79 Å². The molecule has 108 valence electrons. The Morgan fingerprint density at radius 3 is 2.55 bits per heavy atom. The maximum atomic E-state index is 12.2. The van der Waals surface area contributed by atoms with Gasteiger partial charge in [0.1, 0.15) is 5.82 Å². The average molecular weight is 290 g/mol. The smallest absolute Gasteiger partial charge is 0.256 e. The molecule has 0 saturated carbocycles. The van der Waals surface area contributed by atoms with Gasteiger partial charge in [0, 0.05) is 29.0 Å². The molecule has 0 aliphatic carbocycles. The Hall–Kier alpha value is -2.95. The molecule has 0 radical (unpaired) electrons. The highest BCUT2D eigenvalue weighted by Crippen LogP contribution is 2.25. The molecule has 0 amide bonds. The summed E-state index contributed by atoms with van der Waals surface area (Å²) in [4.78, 5) is 27.0. The van der Waals surface area contributed by atoms with Crippen LogP contribution in [0, 0.1) is 13.8 Å². The number of aromatic nitrogens is 4. The van der Waals surface area contributed by atoms with Crippen molar-refractivity contribution in [3.8, 4) is 11.4 Å². The van der Waals surface area contributed by atoms with Crippen LogP contribution >= 0.6 is 0 Å². The Kier molecular flexibility index (Phi) is 2.63. The summed E-state index contributed by atoms with van der Waals surface area (Å²) in [5.41, 5.74) is 4.58. The Morgan fingerprint density at radius 1 is 1.00 bits per heavy atom. The molecular formula is C17H14N4O. The van der Waals surface area contributed by atoms with E-state index < -0.39 is 0 Å². The molecule has 0 bridgehead atoms. The molecule has 0 fully saturated rings. The lowest BCUT2D eigenvalue weighted by Crippen LogP contribution is -2.09. The summed E-state index contributed by atoms with van der Waals surface area (Å²) >= 11 is 0. The van der Waals surface area contributed by atoms with Crippen LogP contribution < -0.4 is 5.56 Å². The number of imidazole rings is 1. The molecule has 0 unspecified atom stereocenters. The largest absolute Gasteiger partial charge is 0.338 e. The van der Waals surface area contributed by atoms with Crippen LogP contribution in [0.3, 0.4) is 0 Å². The molecule has 22 heavy (non-hydrogen) atoms. The van der Waals surface area contributed by atoms with Crippen molar-refractivity contribution < 1.29 is 0 Å². The summed E-state index contributed by atoms with van der Waals surface area (Å²) in [7, 11) is 0. The third-order valence-corrected chi connectivity index (χ3v) is 4.09. The molecule has 5 heteroatoms. The molecule has 0 saturated heterocycles. The lowest BCUT2D eigenvalue weighted by atomic mass is 10.1. The van der Waals surface area contributed by atoms with Gasteiger partial charge in [-0.15, -0.1) is 0 Å². The number of hydrogen-bond donors (Lipinski definition) is 2. The number of H-pyrrole nitrogens is 2. The van der Waals surface area contributed by atoms with Crippen molar-refractivity contribution in [2.24, 2.45) is 0 Å². The van der Waals surface area contributed by atoms with E-state index in [4.69, 9.17) is 0 Å². The van der Waals surface area contributed by atoms with E-state index in [0.29, 0.717) is 5.39 Å². The molecule has 5 nitrogen and oxygen atoms in total. The van der Waals surface area contributed by atoms with Gasteiger partial charge in [-0.25, -0.2) is 4.98 Å². The summed E-state index contributed by atoms with van der Waals surface area (Å²) in [6, 6.07) is 7.65. The number of nitrogens with one attached hydrogen (secondary N) is 2. The number of nitrogens with zero attached hydrogens (tertiary/aromatic N) is 2. The lowest BCUT2D eigenvalue weighted by Gasteiger charge is -2.05. The quantitative estimate of drug-likeness (QED) is 0.565. The highest BCUT2D eigenvalue weighted by Gasteiger charge is 2.10. The number of aromatic amines is 2. The zero-order valence-corrected chi connectivity index (χ0v) is 12.3. The van der Waals surface area contributed by atoms with Crippen LogP contribution in [-0.2, 0) is 0 Å². The molecule has 0 aliphatic heterocycles. The SMILES string of the molecule is Cc1[nH]c(=O)c2cc3nc(-c4ccncc4)[nH]c3cc2c1C. The molecule has 3 heterocycles. The maximum Gasteiger partial charge on any atom is 0.256 e. The van der Waals surface area contributed by atoms with Gasteiger partial charge in [-0.05, 0) is 49.1 Å². The third-order valence-electron chi connectivity index (χ3n) is 4.09. The number of aryl methyl sites for hydroxylation is 2. The fourth-order valence-electron chi connectivity index (χ4n) is 2.73. The zero-order valence-electron chi connectivity index (χ0n) is 12.3. The van der Waals surface area contributed by atoms with Gasteiger partial charge in [-0.2, -0.15) is 0 Å². The first-order valence-corrected chi connectivity index (χ1v) is 7.07. The summed E-state index contributed by atoms with van der Waals surface area (Å²) < 4.78 is 0. The number of rotatable bonds is 1.